The van der Waals surface area contributed by atoms with E-state index in [9.17, 15) is 14.4 Å². The van der Waals surface area contributed by atoms with Gasteiger partial charge in [-0.15, -0.1) is 0 Å². The Kier molecular flexibility index (Phi) is 5.75. The highest BCUT2D eigenvalue weighted by Crippen LogP contribution is 2.24. The molecular weight excluding hydrogens is 272 g/mol. The minimum absolute atomic E-state index is 0.00193. The van der Waals surface area contributed by atoms with Crippen LogP contribution in [0.4, 0.5) is 0 Å². The summed E-state index contributed by atoms with van der Waals surface area (Å²) < 4.78 is 0. The van der Waals surface area contributed by atoms with Gasteiger partial charge in [0.05, 0.1) is 5.92 Å². The van der Waals surface area contributed by atoms with Gasteiger partial charge in [0.25, 0.3) is 0 Å². The lowest BCUT2D eigenvalue weighted by Gasteiger charge is -2.28. The molecule has 0 aromatic carbocycles. The normalized spacial score (nSPS) is 24.0. The molecule has 6 nitrogen and oxygen atoms in total. The van der Waals surface area contributed by atoms with Crippen LogP contribution in [0.25, 0.3) is 0 Å². The van der Waals surface area contributed by atoms with Crippen molar-refractivity contribution in [1.82, 2.24) is 10.6 Å². The van der Waals surface area contributed by atoms with Crippen LogP contribution in [0.1, 0.15) is 53.4 Å². The third-order valence-electron chi connectivity index (χ3n) is 3.84. The first kappa shape index (κ1) is 17.5. The van der Waals surface area contributed by atoms with Gasteiger partial charge < -0.3 is 15.7 Å². The van der Waals surface area contributed by atoms with E-state index >= 15 is 0 Å². The van der Waals surface area contributed by atoms with E-state index in [1.807, 2.05) is 0 Å². The molecule has 3 N–H and O–H groups in total. The van der Waals surface area contributed by atoms with Gasteiger partial charge >= 0.3 is 5.97 Å². The SMILES string of the molecule is CC(NC(=O)C(C)(C)C)C(=O)NC1CCC(C(=O)O)CC1. The third-order valence-corrected chi connectivity index (χ3v) is 3.84. The molecule has 21 heavy (non-hydrogen) atoms. The smallest absolute Gasteiger partial charge is 0.306 e. The summed E-state index contributed by atoms with van der Waals surface area (Å²) in [7, 11) is 0. The van der Waals surface area contributed by atoms with E-state index in [4.69, 9.17) is 5.11 Å². The molecule has 6 heteroatoms. The number of carboxylic acid groups (broad SMARTS) is 1. The summed E-state index contributed by atoms with van der Waals surface area (Å²) in [5.41, 5.74) is -0.534. The maximum atomic E-state index is 12.0. The predicted octanol–water partition coefficient (Wildman–Crippen LogP) is 1.30. The average molecular weight is 298 g/mol. The molecule has 0 aliphatic heterocycles. The second kappa shape index (κ2) is 6.91. The van der Waals surface area contributed by atoms with Gasteiger partial charge in [-0.05, 0) is 32.6 Å². The fraction of sp³-hybridized carbons (Fsp3) is 0.800. The molecule has 0 aromatic rings. The number of amides is 2. The maximum Gasteiger partial charge on any atom is 0.306 e. The van der Waals surface area contributed by atoms with E-state index in [0.29, 0.717) is 25.7 Å². The molecule has 1 fully saturated rings. The van der Waals surface area contributed by atoms with Crippen LogP contribution in [0, 0.1) is 11.3 Å². The van der Waals surface area contributed by atoms with Gasteiger partial charge in [0.1, 0.15) is 6.04 Å². The molecule has 1 rings (SSSR count). The Hall–Kier alpha value is -1.59. The van der Waals surface area contributed by atoms with Crippen LogP contribution < -0.4 is 10.6 Å². The monoisotopic (exact) mass is 298 g/mol. The van der Waals surface area contributed by atoms with Crippen molar-refractivity contribution < 1.29 is 19.5 Å². The summed E-state index contributed by atoms with van der Waals surface area (Å²) in [6.45, 7) is 7.03. The van der Waals surface area contributed by atoms with E-state index in [1.165, 1.54) is 0 Å². The average Bonchev–Trinajstić information content (AvgIpc) is 2.37. The van der Waals surface area contributed by atoms with Crippen LogP contribution in [0.2, 0.25) is 0 Å². The maximum absolute atomic E-state index is 12.0. The van der Waals surface area contributed by atoms with Crippen molar-refractivity contribution in [1.29, 1.82) is 0 Å². The van der Waals surface area contributed by atoms with Crippen LogP contribution in [0.3, 0.4) is 0 Å². The molecule has 120 valence electrons. The number of carbonyl (C=O) groups excluding carboxylic acids is 2. The van der Waals surface area contributed by atoms with Gasteiger partial charge in [-0.1, -0.05) is 20.8 Å². The fourth-order valence-corrected chi connectivity index (χ4v) is 2.29. The second-order valence-electron chi connectivity index (χ2n) is 6.84. The second-order valence-corrected chi connectivity index (χ2v) is 6.84. The van der Waals surface area contributed by atoms with Crippen molar-refractivity contribution in [2.75, 3.05) is 0 Å². The van der Waals surface area contributed by atoms with E-state index in [2.05, 4.69) is 10.6 Å². The molecule has 2 amide bonds. The van der Waals surface area contributed by atoms with Gasteiger partial charge in [-0.2, -0.15) is 0 Å². The van der Waals surface area contributed by atoms with E-state index in [1.54, 1.807) is 27.7 Å². The van der Waals surface area contributed by atoms with Crippen LogP contribution in [-0.4, -0.2) is 35.0 Å². The van der Waals surface area contributed by atoms with Gasteiger partial charge in [-0.3, -0.25) is 14.4 Å². The Balaban J connectivity index is 2.40. The quantitative estimate of drug-likeness (QED) is 0.729. The molecule has 0 radical (unpaired) electrons. The summed E-state index contributed by atoms with van der Waals surface area (Å²) in [5.74, 6) is -1.44. The number of hydrogen-bond acceptors (Lipinski definition) is 3. The summed E-state index contributed by atoms with van der Waals surface area (Å²) in [6, 6.07) is -0.587. The zero-order valence-electron chi connectivity index (χ0n) is 13.2. The third kappa shape index (κ3) is 5.36. The largest absolute Gasteiger partial charge is 0.481 e. The summed E-state index contributed by atoms with van der Waals surface area (Å²) in [6.07, 6.45) is 2.51. The molecule has 1 atom stereocenters. The van der Waals surface area contributed by atoms with Crippen molar-refractivity contribution >= 4 is 17.8 Å². The highest BCUT2D eigenvalue weighted by Gasteiger charge is 2.29. The van der Waals surface area contributed by atoms with Crippen LogP contribution in [0.15, 0.2) is 0 Å². The lowest BCUT2D eigenvalue weighted by Crippen LogP contribution is -2.51. The summed E-state index contributed by atoms with van der Waals surface area (Å²) in [4.78, 5) is 34.8. The molecular formula is C15H26N2O4. The molecule has 0 saturated heterocycles. The summed E-state index contributed by atoms with van der Waals surface area (Å²) >= 11 is 0. The highest BCUT2D eigenvalue weighted by atomic mass is 16.4. The summed E-state index contributed by atoms with van der Waals surface area (Å²) in [5, 5.41) is 14.5. The predicted molar refractivity (Wildman–Crippen MR) is 78.6 cm³/mol. The van der Waals surface area contributed by atoms with E-state index < -0.39 is 17.4 Å². The van der Waals surface area contributed by atoms with E-state index in [0.717, 1.165) is 0 Å². The first-order valence-corrected chi connectivity index (χ1v) is 7.45. The minimum Gasteiger partial charge on any atom is -0.481 e. The number of rotatable bonds is 4. The topological polar surface area (TPSA) is 95.5 Å². The number of aliphatic carboxylic acids is 1. The van der Waals surface area contributed by atoms with Crippen molar-refractivity contribution in [2.45, 2.75) is 65.5 Å². The van der Waals surface area contributed by atoms with Gasteiger partial charge in [0, 0.05) is 11.5 Å². The van der Waals surface area contributed by atoms with Crippen molar-refractivity contribution in [2.24, 2.45) is 11.3 Å². The van der Waals surface area contributed by atoms with Gasteiger partial charge in [-0.25, -0.2) is 0 Å². The lowest BCUT2D eigenvalue weighted by molar-refractivity contribution is -0.143. The Morgan fingerprint density at radius 1 is 1.10 bits per heavy atom. The number of carbonyl (C=O) groups is 3. The molecule has 1 aliphatic carbocycles. The fourth-order valence-electron chi connectivity index (χ4n) is 2.29. The molecule has 0 spiro atoms. The van der Waals surface area contributed by atoms with Gasteiger partial charge in [0.2, 0.25) is 11.8 Å². The standard InChI is InChI=1S/C15H26N2O4/c1-9(16-14(21)15(2,3)4)12(18)17-11-7-5-10(6-8-11)13(19)20/h9-11H,5-8H2,1-4H3,(H,16,21)(H,17,18)(H,19,20). The zero-order valence-corrected chi connectivity index (χ0v) is 13.2. The van der Waals surface area contributed by atoms with Crippen LogP contribution >= 0.6 is 0 Å². The Morgan fingerprint density at radius 3 is 2.05 bits per heavy atom. The molecule has 1 aliphatic rings. The number of carboxylic acids is 1. The lowest BCUT2D eigenvalue weighted by atomic mass is 9.86. The van der Waals surface area contributed by atoms with Crippen molar-refractivity contribution in [3.63, 3.8) is 0 Å². The minimum atomic E-state index is -0.759. The number of nitrogens with one attached hydrogen (secondary N) is 2. The molecule has 0 heterocycles. The Labute approximate surface area is 125 Å². The van der Waals surface area contributed by atoms with Crippen LogP contribution in [-0.2, 0) is 14.4 Å². The number of hydrogen-bond donors (Lipinski definition) is 3. The Bertz CT molecular complexity index is 406. The molecule has 1 unspecified atom stereocenters. The Morgan fingerprint density at radius 2 is 1.62 bits per heavy atom. The van der Waals surface area contributed by atoms with Gasteiger partial charge in [0.15, 0.2) is 0 Å². The highest BCUT2D eigenvalue weighted by molar-refractivity contribution is 5.89. The van der Waals surface area contributed by atoms with Crippen molar-refractivity contribution in [3.8, 4) is 0 Å². The van der Waals surface area contributed by atoms with E-state index in [-0.39, 0.29) is 23.8 Å². The van der Waals surface area contributed by atoms with Crippen molar-refractivity contribution in [3.05, 3.63) is 0 Å². The first-order chi connectivity index (χ1) is 9.61. The first-order valence-electron chi connectivity index (χ1n) is 7.45. The molecule has 0 bridgehead atoms. The molecule has 0 aromatic heterocycles. The van der Waals surface area contributed by atoms with Crippen LogP contribution in [0.5, 0.6) is 0 Å². The zero-order chi connectivity index (χ0) is 16.2. The molecule has 1 saturated carbocycles.